The summed E-state index contributed by atoms with van der Waals surface area (Å²) in [5.74, 6) is -0.493. The molecule has 0 aliphatic carbocycles. The van der Waals surface area contributed by atoms with Gasteiger partial charge in [-0.1, -0.05) is 25.6 Å². The molecule has 1 aromatic carbocycles. The highest BCUT2D eigenvalue weighted by Crippen LogP contribution is 2.26. The number of hydrogen-bond donors (Lipinski definition) is 1. The first kappa shape index (κ1) is 19.8. The highest BCUT2D eigenvalue weighted by molar-refractivity contribution is 8.00. The number of halogens is 1. The SMILES string of the molecule is CC(C)C(C)(C#N)NC(=O)CSc1ncnc2c1cnn2-c1ccc(F)cc1. The molecular weight excluding hydrogens is 379 g/mol. The van der Waals surface area contributed by atoms with Crippen molar-refractivity contribution in [3.05, 3.63) is 42.6 Å². The molecule has 0 spiro atoms. The van der Waals surface area contributed by atoms with Gasteiger partial charge in [-0.2, -0.15) is 10.4 Å². The van der Waals surface area contributed by atoms with Crippen molar-refractivity contribution in [2.24, 2.45) is 5.92 Å². The molecule has 9 heteroatoms. The number of nitrogens with one attached hydrogen (secondary N) is 1. The van der Waals surface area contributed by atoms with Gasteiger partial charge in [-0.3, -0.25) is 4.79 Å². The zero-order valence-electron chi connectivity index (χ0n) is 15.7. The van der Waals surface area contributed by atoms with Crippen LogP contribution in [0.3, 0.4) is 0 Å². The second-order valence-electron chi connectivity index (χ2n) is 6.75. The number of nitriles is 1. The molecule has 1 N–H and O–H groups in total. The molecule has 0 radical (unpaired) electrons. The highest BCUT2D eigenvalue weighted by atomic mass is 32.2. The summed E-state index contributed by atoms with van der Waals surface area (Å²) in [7, 11) is 0. The molecule has 3 rings (SSSR count). The van der Waals surface area contributed by atoms with Crippen LogP contribution in [0.2, 0.25) is 0 Å². The average molecular weight is 398 g/mol. The largest absolute Gasteiger partial charge is 0.337 e. The number of nitrogens with zero attached hydrogens (tertiary/aromatic N) is 5. The van der Waals surface area contributed by atoms with Gasteiger partial charge in [0.15, 0.2) is 5.65 Å². The van der Waals surface area contributed by atoms with Gasteiger partial charge in [0.25, 0.3) is 0 Å². The van der Waals surface area contributed by atoms with E-state index in [0.717, 1.165) is 0 Å². The van der Waals surface area contributed by atoms with Crippen molar-refractivity contribution in [2.45, 2.75) is 31.3 Å². The summed E-state index contributed by atoms with van der Waals surface area (Å²) in [6.07, 6.45) is 3.02. The summed E-state index contributed by atoms with van der Waals surface area (Å²) < 4.78 is 14.7. The molecule has 0 aliphatic heterocycles. The maximum Gasteiger partial charge on any atom is 0.231 e. The number of carbonyl (C=O) groups excluding carboxylic acids is 1. The monoisotopic (exact) mass is 398 g/mol. The van der Waals surface area contributed by atoms with Crippen molar-refractivity contribution in [3.8, 4) is 11.8 Å². The van der Waals surface area contributed by atoms with Gasteiger partial charge in [-0.05, 0) is 37.1 Å². The molecule has 1 atom stereocenters. The first-order valence-electron chi connectivity index (χ1n) is 8.64. The van der Waals surface area contributed by atoms with E-state index in [1.165, 1.54) is 30.2 Å². The van der Waals surface area contributed by atoms with E-state index in [0.29, 0.717) is 21.7 Å². The fraction of sp³-hybridized carbons (Fsp3) is 0.316. The molecule has 2 heterocycles. The van der Waals surface area contributed by atoms with Crippen LogP contribution in [-0.4, -0.2) is 36.9 Å². The summed E-state index contributed by atoms with van der Waals surface area (Å²) in [5, 5.41) is 17.7. The normalized spacial score (nSPS) is 13.3. The van der Waals surface area contributed by atoms with Gasteiger partial charge in [0, 0.05) is 0 Å². The Balaban J connectivity index is 1.79. The molecule has 2 aromatic heterocycles. The maximum absolute atomic E-state index is 13.2. The van der Waals surface area contributed by atoms with Gasteiger partial charge in [-0.15, -0.1) is 0 Å². The molecule has 1 amide bonds. The van der Waals surface area contributed by atoms with E-state index in [2.05, 4.69) is 26.5 Å². The molecule has 0 saturated heterocycles. The third-order valence-corrected chi connectivity index (χ3v) is 5.53. The van der Waals surface area contributed by atoms with Gasteiger partial charge in [-0.25, -0.2) is 19.0 Å². The zero-order valence-corrected chi connectivity index (χ0v) is 16.5. The minimum absolute atomic E-state index is 0.0221. The van der Waals surface area contributed by atoms with Crippen LogP contribution in [-0.2, 0) is 4.79 Å². The number of aromatic nitrogens is 4. The molecule has 144 valence electrons. The first-order chi connectivity index (χ1) is 13.3. The lowest BCUT2D eigenvalue weighted by atomic mass is 9.90. The Morgan fingerprint density at radius 1 is 1.36 bits per heavy atom. The number of benzene rings is 1. The van der Waals surface area contributed by atoms with E-state index in [1.54, 1.807) is 29.9 Å². The van der Waals surface area contributed by atoms with Crippen molar-refractivity contribution in [2.75, 3.05) is 5.75 Å². The number of rotatable bonds is 6. The second-order valence-corrected chi connectivity index (χ2v) is 7.72. The summed E-state index contributed by atoms with van der Waals surface area (Å²) in [6.45, 7) is 5.47. The van der Waals surface area contributed by atoms with Gasteiger partial charge in [0.05, 0.1) is 29.1 Å². The summed E-state index contributed by atoms with van der Waals surface area (Å²) >= 11 is 1.25. The Morgan fingerprint density at radius 2 is 2.07 bits per heavy atom. The van der Waals surface area contributed by atoms with Crippen LogP contribution < -0.4 is 5.32 Å². The molecular formula is C19H19FN6OS. The summed E-state index contributed by atoms with van der Waals surface area (Å²) in [5.41, 5.74) is 0.311. The molecule has 7 nitrogen and oxygen atoms in total. The Labute approximate surface area is 166 Å². The predicted octanol–water partition coefficient (Wildman–Crippen LogP) is 3.10. The van der Waals surface area contributed by atoms with Crippen LogP contribution in [0, 0.1) is 23.1 Å². The van der Waals surface area contributed by atoms with Crippen molar-refractivity contribution in [1.82, 2.24) is 25.1 Å². The van der Waals surface area contributed by atoms with Crippen molar-refractivity contribution < 1.29 is 9.18 Å². The molecule has 0 bridgehead atoms. The van der Waals surface area contributed by atoms with Gasteiger partial charge in [0.1, 0.15) is 22.7 Å². The molecule has 0 saturated carbocycles. The standard InChI is InChI=1S/C19H19FN6OS/c1-12(2)19(3,10-21)25-16(27)9-28-18-15-8-24-26(17(15)22-11-23-18)14-6-4-13(20)5-7-14/h4-8,11-12H,9H2,1-3H3,(H,25,27). The van der Waals surface area contributed by atoms with Gasteiger partial charge >= 0.3 is 0 Å². The molecule has 0 fully saturated rings. The van der Waals surface area contributed by atoms with E-state index in [9.17, 15) is 14.4 Å². The third-order valence-electron chi connectivity index (χ3n) is 4.53. The van der Waals surface area contributed by atoms with Gasteiger partial charge in [0.2, 0.25) is 5.91 Å². The Hall–Kier alpha value is -2.99. The average Bonchev–Trinajstić information content (AvgIpc) is 3.11. The molecule has 0 aliphatic rings. The minimum Gasteiger partial charge on any atom is -0.337 e. The van der Waals surface area contributed by atoms with Crippen LogP contribution in [0.1, 0.15) is 20.8 Å². The fourth-order valence-electron chi connectivity index (χ4n) is 2.47. The molecule has 1 unspecified atom stereocenters. The van der Waals surface area contributed by atoms with Crippen molar-refractivity contribution in [1.29, 1.82) is 5.26 Å². The minimum atomic E-state index is -0.925. The van der Waals surface area contributed by atoms with Crippen LogP contribution >= 0.6 is 11.8 Å². The quantitative estimate of drug-likeness (QED) is 0.506. The Bertz CT molecular complexity index is 1040. The lowest BCUT2D eigenvalue weighted by molar-refractivity contribution is -0.120. The number of amides is 1. The lowest BCUT2D eigenvalue weighted by Crippen LogP contribution is -2.49. The Morgan fingerprint density at radius 3 is 2.71 bits per heavy atom. The number of carbonyl (C=O) groups is 1. The van der Waals surface area contributed by atoms with Gasteiger partial charge < -0.3 is 5.32 Å². The topological polar surface area (TPSA) is 96.5 Å². The fourth-order valence-corrected chi connectivity index (χ4v) is 3.23. The van der Waals surface area contributed by atoms with Crippen LogP contribution in [0.4, 0.5) is 4.39 Å². The van der Waals surface area contributed by atoms with Crippen LogP contribution in [0.25, 0.3) is 16.7 Å². The third kappa shape index (κ3) is 3.97. The molecule has 28 heavy (non-hydrogen) atoms. The first-order valence-corrected chi connectivity index (χ1v) is 9.62. The molecule has 3 aromatic rings. The number of thioether (sulfide) groups is 1. The summed E-state index contributed by atoms with van der Waals surface area (Å²) in [4.78, 5) is 20.8. The predicted molar refractivity (Wildman–Crippen MR) is 104 cm³/mol. The van der Waals surface area contributed by atoms with E-state index in [1.807, 2.05) is 13.8 Å². The van der Waals surface area contributed by atoms with E-state index >= 15 is 0 Å². The zero-order chi connectivity index (χ0) is 20.3. The number of fused-ring (bicyclic) bond motifs is 1. The van der Waals surface area contributed by atoms with Crippen molar-refractivity contribution in [3.63, 3.8) is 0 Å². The maximum atomic E-state index is 13.2. The van der Waals surface area contributed by atoms with E-state index in [-0.39, 0.29) is 23.4 Å². The van der Waals surface area contributed by atoms with E-state index in [4.69, 9.17) is 0 Å². The van der Waals surface area contributed by atoms with Crippen LogP contribution in [0.15, 0.2) is 41.8 Å². The van der Waals surface area contributed by atoms with Crippen molar-refractivity contribution >= 4 is 28.7 Å². The highest BCUT2D eigenvalue weighted by Gasteiger charge is 2.30. The Kier molecular flexibility index (Phi) is 5.61. The summed E-state index contributed by atoms with van der Waals surface area (Å²) in [6, 6.07) is 8.08. The lowest BCUT2D eigenvalue weighted by Gasteiger charge is -2.27. The smallest absolute Gasteiger partial charge is 0.231 e. The number of hydrogen-bond acceptors (Lipinski definition) is 6. The van der Waals surface area contributed by atoms with E-state index < -0.39 is 5.54 Å². The second kappa shape index (κ2) is 7.94. The van der Waals surface area contributed by atoms with Crippen LogP contribution in [0.5, 0.6) is 0 Å².